The van der Waals surface area contributed by atoms with Crippen molar-refractivity contribution in [1.29, 1.82) is 0 Å². The van der Waals surface area contributed by atoms with Crippen molar-refractivity contribution in [3.8, 4) is 11.5 Å². The van der Waals surface area contributed by atoms with Gasteiger partial charge in [-0.05, 0) is 18.6 Å². The number of ether oxygens (including phenoxy) is 2. The Morgan fingerprint density at radius 2 is 1.96 bits per heavy atom. The van der Waals surface area contributed by atoms with Crippen LogP contribution in [0, 0.1) is 0 Å². The van der Waals surface area contributed by atoms with Gasteiger partial charge < -0.3 is 24.6 Å². The molecular formula is C17H22ClNO6. The molecular weight excluding hydrogens is 350 g/mol. The van der Waals surface area contributed by atoms with Gasteiger partial charge in [0.1, 0.15) is 0 Å². The smallest absolute Gasteiger partial charge is 0.335 e. The highest BCUT2D eigenvalue weighted by Gasteiger charge is 2.40. The van der Waals surface area contributed by atoms with Crippen molar-refractivity contribution >= 4 is 23.5 Å². The number of likely N-dealkylation sites (tertiary alicyclic amines) is 1. The minimum Gasteiger partial charge on any atom is -0.493 e. The highest BCUT2D eigenvalue weighted by atomic mass is 35.5. The molecule has 138 valence electrons. The van der Waals surface area contributed by atoms with Gasteiger partial charge in [-0.25, -0.2) is 4.79 Å². The third-order valence-corrected chi connectivity index (χ3v) is 4.48. The summed E-state index contributed by atoms with van der Waals surface area (Å²) in [6.07, 6.45) is 0.772. The summed E-state index contributed by atoms with van der Waals surface area (Å²) >= 11 is 6.23. The number of aliphatic carboxylic acids is 1. The standard InChI is InChI=1S/C17H22ClNO6/c1-3-8-25-14-12(18)9-11(10-13(14)24-2)15(20)19-6-4-17(23,5-7-19)16(21)22/h9-10,23H,3-8H2,1-2H3,(H,21,22). The van der Waals surface area contributed by atoms with Gasteiger partial charge in [0.2, 0.25) is 0 Å². The zero-order valence-corrected chi connectivity index (χ0v) is 15.0. The van der Waals surface area contributed by atoms with Crippen LogP contribution < -0.4 is 9.47 Å². The van der Waals surface area contributed by atoms with Gasteiger partial charge in [0.05, 0.1) is 18.7 Å². The SMILES string of the molecule is CCCOc1c(Cl)cc(C(=O)N2CCC(O)(C(=O)O)CC2)cc1OC. The van der Waals surface area contributed by atoms with Crippen molar-refractivity contribution < 1.29 is 29.3 Å². The topological polar surface area (TPSA) is 96.3 Å². The van der Waals surface area contributed by atoms with E-state index in [1.807, 2.05) is 6.92 Å². The van der Waals surface area contributed by atoms with Gasteiger partial charge in [0.15, 0.2) is 17.1 Å². The van der Waals surface area contributed by atoms with Gasteiger partial charge in [-0.1, -0.05) is 18.5 Å². The number of carbonyl (C=O) groups is 2. The Kier molecular flexibility index (Phi) is 6.13. The van der Waals surface area contributed by atoms with Crippen molar-refractivity contribution in [2.24, 2.45) is 0 Å². The number of hydrogen-bond acceptors (Lipinski definition) is 5. The van der Waals surface area contributed by atoms with Gasteiger partial charge in [-0.15, -0.1) is 0 Å². The Morgan fingerprint density at radius 1 is 1.32 bits per heavy atom. The van der Waals surface area contributed by atoms with E-state index in [2.05, 4.69) is 0 Å². The molecule has 1 heterocycles. The van der Waals surface area contributed by atoms with Crippen molar-refractivity contribution in [2.75, 3.05) is 26.8 Å². The largest absolute Gasteiger partial charge is 0.493 e. The van der Waals surface area contributed by atoms with E-state index in [9.17, 15) is 14.7 Å². The van der Waals surface area contributed by atoms with Gasteiger partial charge in [0.25, 0.3) is 5.91 Å². The number of rotatable bonds is 6. The molecule has 1 aliphatic rings. The number of carboxylic acids is 1. The van der Waals surface area contributed by atoms with Crippen LogP contribution in [-0.2, 0) is 4.79 Å². The maximum absolute atomic E-state index is 12.7. The first kappa shape index (κ1) is 19.3. The summed E-state index contributed by atoms with van der Waals surface area (Å²) in [4.78, 5) is 25.2. The summed E-state index contributed by atoms with van der Waals surface area (Å²) in [7, 11) is 1.46. The maximum atomic E-state index is 12.7. The van der Waals surface area contributed by atoms with Gasteiger partial charge >= 0.3 is 5.97 Å². The summed E-state index contributed by atoms with van der Waals surface area (Å²) < 4.78 is 10.8. The molecule has 2 rings (SSSR count). The summed E-state index contributed by atoms with van der Waals surface area (Å²) in [5, 5.41) is 19.3. The van der Waals surface area contributed by atoms with E-state index >= 15 is 0 Å². The molecule has 1 fully saturated rings. The van der Waals surface area contributed by atoms with Crippen LogP contribution in [0.25, 0.3) is 0 Å². The molecule has 8 heteroatoms. The Bertz CT molecular complexity index is 655. The van der Waals surface area contributed by atoms with Gasteiger partial charge in [0, 0.05) is 31.5 Å². The quantitative estimate of drug-likeness (QED) is 0.795. The number of aliphatic hydroxyl groups is 1. The van der Waals surface area contributed by atoms with Crippen LogP contribution in [0.5, 0.6) is 11.5 Å². The number of hydrogen-bond donors (Lipinski definition) is 2. The maximum Gasteiger partial charge on any atom is 0.335 e. The van der Waals surface area contributed by atoms with Gasteiger partial charge in [-0.2, -0.15) is 0 Å². The van der Waals surface area contributed by atoms with Crippen LogP contribution in [0.4, 0.5) is 0 Å². The molecule has 7 nitrogen and oxygen atoms in total. The molecule has 0 spiro atoms. The Balaban J connectivity index is 2.17. The fraction of sp³-hybridized carbons (Fsp3) is 0.529. The fourth-order valence-electron chi connectivity index (χ4n) is 2.66. The molecule has 1 amide bonds. The summed E-state index contributed by atoms with van der Waals surface area (Å²) in [6.45, 7) is 2.74. The first-order valence-electron chi connectivity index (χ1n) is 8.07. The van der Waals surface area contributed by atoms with Crippen LogP contribution in [0.1, 0.15) is 36.5 Å². The molecule has 0 unspecified atom stereocenters. The van der Waals surface area contributed by atoms with E-state index in [1.54, 1.807) is 6.07 Å². The van der Waals surface area contributed by atoms with E-state index in [-0.39, 0.29) is 36.9 Å². The molecule has 0 saturated carbocycles. The van der Waals surface area contributed by atoms with E-state index in [4.69, 9.17) is 26.2 Å². The first-order valence-corrected chi connectivity index (χ1v) is 8.45. The Labute approximate surface area is 151 Å². The number of halogens is 1. The number of methoxy groups -OCH3 is 1. The average molecular weight is 372 g/mol. The predicted molar refractivity (Wildman–Crippen MR) is 91.5 cm³/mol. The lowest BCUT2D eigenvalue weighted by Gasteiger charge is -2.35. The molecule has 0 aliphatic carbocycles. The monoisotopic (exact) mass is 371 g/mol. The lowest BCUT2D eigenvalue weighted by atomic mass is 9.91. The van der Waals surface area contributed by atoms with Crippen LogP contribution >= 0.6 is 11.6 Å². The van der Waals surface area contributed by atoms with E-state index in [0.717, 1.165) is 6.42 Å². The first-order chi connectivity index (χ1) is 11.8. The van der Waals surface area contributed by atoms with E-state index < -0.39 is 11.6 Å². The molecule has 0 aromatic heterocycles. The second-order valence-electron chi connectivity index (χ2n) is 5.97. The van der Waals surface area contributed by atoms with Crippen molar-refractivity contribution in [3.05, 3.63) is 22.7 Å². The zero-order valence-electron chi connectivity index (χ0n) is 14.2. The van der Waals surface area contributed by atoms with Crippen molar-refractivity contribution in [3.63, 3.8) is 0 Å². The van der Waals surface area contributed by atoms with Crippen LogP contribution in [0.2, 0.25) is 5.02 Å². The second kappa shape index (κ2) is 7.93. The minimum absolute atomic E-state index is 0.0172. The van der Waals surface area contributed by atoms with Crippen molar-refractivity contribution in [2.45, 2.75) is 31.8 Å². The van der Waals surface area contributed by atoms with Crippen LogP contribution in [0.15, 0.2) is 12.1 Å². The van der Waals surface area contributed by atoms with Crippen molar-refractivity contribution in [1.82, 2.24) is 4.90 Å². The Hall–Kier alpha value is -1.99. The predicted octanol–water partition coefficient (Wildman–Crippen LogP) is 2.19. The Morgan fingerprint density at radius 3 is 2.48 bits per heavy atom. The number of carbonyl (C=O) groups excluding carboxylic acids is 1. The van der Waals surface area contributed by atoms with Gasteiger partial charge in [-0.3, -0.25) is 4.79 Å². The highest BCUT2D eigenvalue weighted by molar-refractivity contribution is 6.32. The molecule has 0 radical (unpaired) electrons. The number of carboxylic acid groups (broad SMARTS) is 1. The van der Waals surface area contributed by atoms with Crippen LogP contribution in [-0.4, -0.2) is 59.4 Å². The molecule has 0 atom stereocenters. The summed E-state index contributed by atoms with van der Waals surface area (Å²) in [6, 6.07) is 3.06. The highest BCUT2D eigenvalue weighted by Crippen LogP contribution is 2.37. The third kappa shape index (κ3) is 4.16. The van der Waals surface area contributed by atoms with Crippen LogP contribution in [0.3, 0.4) is 0 Å². The molecule has 1 aliphatic heterocycles. The lowest BCUT2D eigenvalue weighted by molar-refractivity contribution is -0.162. The molecule has 25 heavy (non-hydrogen) atoms. The third-order valence-electron chi connectivity index (χ3n) is 4.20. The zero-order chi connectivity index (χ0) is 18.6. The van der Waals surface area contributed by atoms with E-state index in [1.165, 1.54) is 18.1 Å². The number of benzene rings is 1. The second-order valence-corrected chi connectivity index (χ2v) is 6.37. The number of piperidine rings is 1. The number of nitrogens with zero attached hydrogens (tertiary/aromatic N) is 1. The molecule has 2 N–H and O–H groups in total. The lowest BCUT2D eigenvalue weighted by Crippen LogP contribution is -2.50. The summed E-state index contributed by atoms with van der Waals surface area (Å²) in [5.74, 6) is -0.804. The summed E-state index contributed by atoms with van der Waals surface area (Å²) in [5.41, 5.74) is -1.45. The normalized spacial score (nSPS) is 16.4. The molecule has 1 saturated heterocycles. The average Bonchev–Trinajstić information content (AvgIpc) is 2.60. The molecule has 0 bridgehead atoms. The fourth-order valence-corrected chi connectivity index (χ4v) is 2.93. The van der Waals surface area contributed by atoms with E-state index in [0.29, 0.717) is 23.7 Å². The molecule has 1 aromatic carbocycles. The molecule has 1 aromatic rings. The minimum atomic E-state index is -1.77. The number of amides is 1.